The van der Waals surface area contributed by atoms with Crippen molar-refractivity contribution in [2.45, 2.75) is 49.6 Å². The summed E-state index contributed by atoms with van der Waals surface area (Å²) in [6.07, 6.45) is 4.52. The van der Waals surface area contributed by atoms with Crippen LogP contribution in [-0.4, -0.2) is 25.8 Å². The van der Waals surface area contributed by atoms with Crippen LogP contribution < -0.4 is 0 Å². The van der Waals surface area contributed by atoms with Gasteiger partial charge < -0.3 is 14.1 Å². The summed E-state index contributed by atoms with van der Waals surface area (Å²) in [4.78, 5) is 10.9. The van der Waals surface area contributed by atoms with Crippen LogP contribution in [-0.2, 0) is 13.0 Å². The monoisotopic (exact) mass is 307 g/mol. The molecule has 0 bridgehead atoms. The van der Waals surface area contributed by atoms with Crippen molar-refractivity contribution in [2.75, 3.05) is 0 Å². The van der Waals surface area contributed by atoms with Crippen LogP contribution in [0.2, 0.25) is 0 Å². The summed E-state index contributed by atoms with van der Waals surface area (Å²) in [7, 11) is 0. The molecule has 0 amide bonds. The van der Waals surface area contributed by atoms with Crippen LogP contribution in [0.4, 0.5) is 0 Å². The number of aromatic carboxylic acids is 1. The molecule has 112 valence electrons. The predicted molar refractivity (Wildman–Crippen MR) is 77.5 cm³/mol. The number of rotatable bonds is 4. The molecule has 1 aliphatic heterocycles. The van der Waals surface area contributed by atoms with Crippen LogP contribution >= 0.6 is 11.8 Å². The Morgan fingerprint density at radius 1 is 1.38 bits per heavy atom. The number of carboxylic acid groups (broad SMARTS) is 1. The highest BCUT2D eigenvalue weighted by Gasteiger charge is 2.20. The number of aryl methyl sites for hydroxylation is 1. The van der Waals surface area contributed by atoms with Gasteiger partial charge in [0, 0.05) is 13.0 Å². The molecule has 3 heterocycles. The lowest BCUT2D eigenvalue weighted by Gasteiger charge is -2.10. The van der Waals surface area contributed by atoms with Gasteiger partial charge >= 0.3 is 5.97 Å². The average molecular weight is 307 g/mol. The van der Waals surface area contributed by atoms with Crippen molar-refractivity contribution in [3.63, 3.8) is 0 Å². The largest absolute Gasteiger partial charge is 0.475 e. The quantitative estimate of drug-likeness (QED) is 0.874. The maximum absolute atomic E-state index is 10.9. The molecular weight excluding hydrogens is 290 g/mol. The van der Waals surface area contributed by atoms with Crippen LogP contribution in [0.5, 0.6) is 0 Å². The lowest BCUT2D eigenvalue weighted by molar-refractivity contribution is 0.0660. The molecule has 0 spiro atoms. The summed E-state index contributed by atoms with van der Waals surface area (Å²) in [5, 5.41) is 18.3. The van der Waals surface area contributed by atoms with Gasteiger partial charge in [-0.15, -0.1) is 10.2 Å². The predicted octanol–water partition coefficient (Wildman–Crippen LogP) is 3.15. The molecule has 1 unspecified atom stereocenters. The number of aromatic nitrogens is 3. The highest BCUT2D eigenvalue weighted by atomic mass is 32.2. The Morgan fingerprint density at radius 3 is 3.00 bits per heavy atom. The summed E-state index contributed by atoms with van der Waals surface area (Å²) in [5.74, 6) is 0.614. The van der Waals surface area contributed by atoms with Crippen molar-refractivity contribution >= 4 is 17.7 Å². The number of thioether (sulfide) groups is 1. The molecule has 7 heteroatoms. The Bertz CT molecular complexity index is 650. The first-order valence-corrected chi connectivity index (χ1v) is 7.95. The van der Waals surface area contributed by atoms with E-state index in [1.165, 1.54) is 18.9 Å². The molecular formula is C14H17N3O3S. The second-order valence-corrected chi connectivity index (χ2v) is 6.44. The third-order valence-electron chi connectivity index (χ3n) is 3.60. The molecule has 0 saturated heterocycles. The van der Waals surface area contributed by atoms with Crippen molar-refractivity contribution in [1.29, 1.82) is 0 Å². The first-order valence-electron chi connectivity index (χ1n) is 7.07. The Balaban J connectivity index is 1.76. The highest BCUT2D eigenvalue weighted by Crippen LogP contribution is 2.35. The van der Waals surface area contributed by atoms with Crippen LogP contribution in [0.3, 0.4) is 0 Å². The fraction of sp³-hybridized carbons (Fsp3) is 0.500. The minimum atomic E-state index is -1.05. The number of furan rings is 1. The topological polar surface area (TPSA) is 81.2 Å². The van der Waals surface area contributed by atoms with E-state index in [1.54, 1.807) is 17.8 Å². The Labute approximate surface area is 126 Å². The van der Waals surface area contributed by atoms with Crippen LogP contribution in [0.25, 0.3) is 0 Å². The van der Waals surface area contributed by atoms with Gasteiger partial charge in [0.1, 0.15) is 11.6 Å². The third kappa shape index (κ3) is 2.97. The molecule has 1 N–H and O–H groups in total. The van der Waals surface area contributed by atoms with Crippen molar-refractivity contribution in [3.8, 4) is 0 Å². The van der Waals surface area contributed by atoms with Crippen LogP contribution in [0.15, 0.2) is 21.7 Å². The molecule has 0 saturated carbocycles. The van der Waals surface area contributed by atoms with Gasteiger partial charge in [0.25, 0.3) is 0 Å². The molecule has 0 aliphatic carbocycles. The number of hydrogen-bond acceptors (Lipinski definition) is 5. The molecule has 0 radical (unpaired) electrons. The number of fused-ring (bicyclic) bond motifs is 1. The Kier molecular flexibility index (Phi) is 4.01. The summed E-state index contributed by atoms with van der Waals surface area (Å²) >= 11 is 1.55. The fourth-order valence-electron chi connectivity index (χ4n) is 2.45. The molecule has 2 aromatic heterocycles. The van der Waals surface area contributed by atoms with Gasteiger partial charge in [0.15, 0.2) is 5.16 Å². The van der Waals surface area contributed by atoms with E-state index >= 15 is 0 Å². The van der Waals surface area contributed by atoms with E-state index in [2.05, 4.69) is 14.8 Å². The van der Waals surface area contributed by atoms with Crippen LogP contribution in [0.1, 0.15) is 53.6 Å². The summed E-state index contributed by atoms with van der Waals surface area (Å²) in [6.45, 7) is 2.93. The van der Waals surface area contributed by atoms with E-state index in [0.717, 1.165) is 30.4 Å². The van der Waals surface area contributed by atoms with Gasteiger partial charge in [-0.2, -0.15) is 0 Å². The third-order valence-corrected chi connectivity index (χ3v) is 4.69. The second kappa shape index (κ2) is 5.93. The number of nitrogens with zero attached hydrogens (tertiary/aromatic N) is 3. The zero-order chi connectivity index (χ0) is 14.8. The SMILES string of the molecule is CC(Sc1nnc2n1CCCCC2)c1ccc(C(=O)O)o1. The fourth-order valence-corrected chi connectivity index (χ4v) is 3.42. The van der Waals surface area contributed by atoms with E-state index in [0.29, 0.717) is 5.76 Å². The first kappa shape index (κ1) is 14.2. The van der Waals surface area contributed by atoms with Crippen molar-refractivity contribution in [1.82, 2.24) is 14.8 Å². The molecule has 1 aliphatic rings. The smallest absolute Gasteiger partial charge is 0.371 e. The maximum atomic E-state index is 10.9. The van der Waals surface area contributed by atoms with Gasteiger partial charge in [-0.05, 0) is 31.9 Å². The molecule has 3 rings (SSSR count). The van der Waals surface area contributed by atoms with E-state index < -0.39 is 5.97 Å². The zero-order valence-corrected chi connectivity index (χ0v) is 12.6. The normalized spacial score (nSPS) is 16.2. The molecule has 6 nitrogen and oxygen atoms in total. The molecule has 0 aromatic carbocycles. The molecule has 1 atom stereocenters. The van der Waals surface area contributed by atoms with Gasteiger partial charge in [-0.1, -0.05) is 18.2 Å². The first-order chi connectivity index (χ1) is 10.1. The van der Waals surface area contributed by atoms with Gasteiger partial charge in [-0.25, -0.2) is 4.79 Å². The van der Waals surface area contributed by atoms with E-state index in [-0.39, 0.29) is 11.0 Å². The van der Waals surface area contributed by atoms with E-state index in [9.17, 15) is 4.79 Å². The number of carboxylic acids is 1. The zero-order valence-electron chi connectivity index (χ0n) is 11.8. The lowest BCUT2D eigenvalue weighted by atomic mass is 10.2. The van der Waals surface area contributed by atoms with Crippen molar-refractivity contribution in [2.24, 2.45) is 0 Å². The summed E-state index contributed by atoms with van der Waals surface area (Å²) in [6, 6.07) is 3.19. The van der Waals surface area contributed by atoms with E-state index in [1.807, 2.05) is 6.92 Å². The van der Waals surface area contributed by atoms with Crippen molar-refractivity contribution in [3.05, 3.63) is 29.5 Å². The second-order valence-electron chi connectivity index (χ2n) is 5.13. The minimum absolute atomic E-state index is 0.00495. The Hall–Kier alpha value is -1.76. The summed E-state index contributed by atoms with van der Waals surface area (Å²) < 4.78 is 7.52. The van der Waals surface area contributed by atoms with Gasteiger partial charge in [0.05, 0.1) is 5.25 Å². The highest BCUT2D eigenvalue weighted by molar-refractivity contribution is 7.99. The maximum Gasteiger partial charge on any atom is 0.371 e. The molecule has 0 fully saturated rings. The van der Waals surface area contributed by atoms with Crippen LogP contribution in [0, 0.1) is 0 Å². The van der Waals surface area contributed by atoms with Gasteiger partial charge in [0.2, 0.25) is 5.76 Å². The minimum Gasteiger partial charge on any atom is -0.475 e. The van der Waals surface area contributed by atoms with Gasteiger partial charge in [-0.3, -0.25) is 0 Å². The van der Waals surface area contributed by atoms with Crippen molar-refractivity contribution < 1.29 is 14.3 Å². The van der Waals surface area contributed by atoms with E-state index in [4.69, 9.17) is 9.52 Å². The Morgan fingerprint density at radius 2 is 2.24 bits per heavy atom. The molecule has 21 heavy (non-hydrogen) atoms. The molecule has 2 aromatic rings. The summed E-state index contributed by atoms with van der Waals surface area (Å²) in [5.41, 5.74) is 0. The standard InChI is InChI=1S/C14H17N3O3S/c1-9(10-6-7-11(20-10)13(18)19)21-14-16-15-12-5-3-2-4-8-17(12)14/h6-7,9H,2-5,8H2,1H3,(H,18,19). The number of carbonyl (C=O) groups is 1. The average Bonchev–Trinajstić information content (AvgIpc) is 3.02. The number of hydrogen-bond donors (Lipinski definition) is 1. The lowest BCUT2D eigenvalue weighted by Crippen LogP contribution is -2.03.